The molecule has 108 valence electrons. The van der Waals surface area contributed by atoms with Gasteiger partial charge in [0.15, 0.2) is 0 Å². The lowest BCUT2D eigenvalue weighted by atomic mass is 9.73. The second-order valence-corrected chi connectivity index (χ2v) is 6.55. The molecule has 0 aliphatic carbocycles. The van der Waals surface area contributed by atoms with Crippen LogP contribution in [0, 0.1) is 5.41 Å². The molecule has 1 heterocycles. The van der Waals surface area contributed by atoms with Gasteiger partial charge in [-0.15, -0.1) is 0 Å². The summed E-state index contributed by atoms with van der Waals surface area (Å²) >= 11 is 6.22. The molecular weight excluding hydrogens is 274 g/mol. The zero-order chi connectivity index (χ0) is 14.8. The molecule has 4 nitrogen and oxygen atoms in total. The first kappa shape index (κ1) is 15.0. The van der Waals surface area contributed by atoms with E-state index in [1.165, 1.54) is 6.33 Å². The van der Waals surface area contributed by atoms with Crippen molar-refractivity contribution in [3.8, 4) is 0 Å². The van der Waals surface area contributed by atoms with E-state index in [1.807, 2.05) is 45.0 Å². The first-order valence-electron chi connectivity index (χ1n) is 6.60. The fourth-order valence-electron chi connectivity index (χ4n) is 2.10. The van der Waals surface area contributed by atoms with E-state index in [2.05, 4.69) is 10.1 Å². The van der Waals surface area contributed by atoms with Crippen molar-refractivity contribution in [3.63, 3.8) is 0 Å². The number of hydrogen-bond donors (Lipinski definition) is 1. The summed E-state index contributed by atoms with van der Waals surface area (Å²) in [6, 6.07) is 7.61. The highest BCUT2D eigenvalue weighted by atomic mass is 35.5. The Labute approximate surface area is 124 Å². The first-order valence-corrected chi connectivity index (χ1v) is 6.98. The molecule has 20 heavy (non-hydrogen) atoms. The lowest BCUT2D eigenvalue weighted by Crippen LogP contribution is -2.48. The molecule has 0 bridgehead atoms. The van der Waals surface area contributed by atoms with Crippen molar-refractivity contribution < 1.29 is 5.11 Å². The van der Waals surface area contributed by atoms with Gasteiger partial charge in [0.1, 0.15) is 12.7 Å². The van der Waals surface area contributed by atoms with E-state index < -0.39 is 5.60 Å². The zero-order valence-electron chi connectivity index (χ0n) is 12.0. The smallest absolute Gasteiger partial charge is 0.137 e. The van der Waals surface area contributed by atoms with Gasteiger partial charge in [-0.1, -0.05) is 50.6 Å². The number of halogens is 1. The highest BCUT2D eigenvalue weighted by molar-refractivity contribution is 6.31. The predicted octanol–water partition coefficient (Wildman–Crippen LogP) is 2.95. The molecular formula is C15H20ClN3O. The van der Waals surface area contributed by atoms with Crippen molar-refractivity contribution in [2.24, 2.45) is 5.41 Å². The van der Waals surface area contributed by atoms with Crippen molar-refractivity contribution >= 4 is 11.6 Å². The van der Waals surface area contributed by atoms with Crippen LogP contribution in [-0.4, -0.2) is 25.5 Å². The summed E-state index contributed by atoms with van der Waals surface area (Å²) < 4.78 is 1.65. The molecule has 0 radical (unpaired) electrons. The summed E-state index contributed by atoms with van der Waals surface area (Å²) in [7, 11) is 0. The molecule has 0 amide bonds. The minimum atomic E-state index is -0.967. The highest BCUT2D eigenvalue weighted by Crippen LogP contribution is 2.36. The molecule has 1 aromatic heterocycles. The molecule has 1 N–H and O–H groups in total. The lowest BCUT2D eigenvalue weighted by Gasteiger charge is -2.40. The Balaban J connectivity index is 2.31. The monoisotopic (exact) mass is 293 g/mol. The van der Waals surface area contributed by atoms with Crippen molar-refractivity contribution in [1.82, 2.24) is 14.8 Å². The molecule has 1 atom stereocenters. The largest absolute Gasteiger partial charge is 0.387 e. The molecule has 5 heteroatoms. The molecule has 1 aromatic carbocycles. The summed E-state index contributed by atoms with van der Waals surface area (Å²) in [5.74, 6) is 0. The Bertz CT molecular complexity index is 563. The van der Waals surface area contributed by atoms with Crippen LogP contribution < -0.4 is 0 Å². The average molecular weight is 294 g/mol. The van der Waals surface area contributed by atoms with Crippen LogP contribution in [0.2, 0.25) is 5.02 Å². The molecule has 0 aliphatic heterocycles. The number of hydrogen-bond acceptors (Lipinski definition) is 3. The molecule has 2 aromatic rings. The van der Waals surface area contributed by atoms with Gasteiger partial charge in [-0.05, 0) is 17.0 Å². The molecule has 0 saturated heterocycles. The van der Waals surface area contributed by atoms with Crippen LogP contribution in [0.25, 0.3) is 0 Å². The van der Waals surface area contributed by atoms with Gasteiger partial charge in [0.05, 0.1) is 12.1 Å². The number of aliphatic hydroxyl groups is 1. The lowest BCUT2D eigenvalue weighted by molar-refractivity contribution is -0.0730. The molecule has 0 saturated carbocycles. The Kier molecular flexibility index (Phi) is 4.16. The number of aromatic nitrogens is 3. The van der Waals surface area contributed by atoms with E-state index in [4.69, 9.17) is 11.6 Å². The first-order chi connectivity index (χ1) is 9.32. The van der Waals surface area contributed by atoms with Crippen LogP contribution in [0.15, 0.2) is 36.9 Å². The second kappa shape index (κ2) is 5.54. The summed E-state index contributed by atoms with van der Waals surface area (Å²) in [4.78, 5) is 3.93. The minimum Gasteiger partial charge on any atom is -0.387 e. The summed E-state index contributed by atoms with van der Waals surface area (Å²) in [5, 5.41) is 15.9. The third-order valence-electron chi connectivity index (χ3n) is 3.73. The molecule has 2 rings (SSSR count). The summed E-state index contributed by atoms with van der Waals surface area (Å²) in [5.41, 5.74) is -0.351. The van der Waals surface area contributed by atoms with E-state index in [1.54, 1.807) is 11.0 Å². The van der Waals surface area contributed by atoms with Crippen LogP contribution in [-0.2, 0) is 13.0 Å². The third-order valence-corrected chi connectivity index (χ3v) is 4.10. The Morgan fingerprint density at radius 2 is 1.95 bits per heavy atom. The Morgan fingerprint density at radius 3 is 2.50 bits per heavy atom. The maximum Gasteiger partial charge on any atom is 0.137 e. The van der Waals surface area contributed by atoms with Crippen molar-refractivity contribution in [2.75, 3.05) is 0 Å². The van der Waals surface area contributed by atoms with E-state index in [9.17, 15) is 5.11 Å². The Morgan fingerprint density at radius 1 is 1.25 bits per heavy atom. The van der Waals surface area contributed by atoms with Crippen molar-refractivity contribution in [1.29, 1.82) is 0 Å². The maximum atomic E-state index is 11.2. The van der Waals surface area contributed by atoms with Gasteiger partial charge >= 0.3 is 0 Å². The maximum absolute atomic E-state index is 11.2. The fraction of sp³-hybridized carbons (Fsp3) is 0.467. The van der Waals surface area contributed by atoms with Crippen LogP contribution in [0.1, 0.15) is 26.3 Å². The van der Waals surface area contributed by atoms with Gasteiger partial charge in [-0.25, -0.2) is 4.98 Å². The highest BCUT2D eigenvalue weighted by Gasteiger charge is 2.41. The van der Waals surface area contributed by atoms with Crippen LogP contribution in [0.5, 0.6) is 0 Å². The van der Waals surface area contributed by atoms with Gasteiger partial charge in [0.2, 0.25) is 0 Å². The Hall–Kier alpha value is -1.39. The van der Waals surface area contributed by atoms with Gasteiger partial charge in [-0.2, -0.15) is 5.10 Å². The van der Waals surface area contributed by atoms with Gasteiger partial charge < -0.3 is 5.11 Å². The summed E-state index contributed by atoms with van der Waals surface area (Å²) in [6.07, 6.45) is 3.55. The van der Waals surface area contributed by atoms with E-state index in [-0.39, 0.29) is 5.41 Å². The standard InChI is InChI=1S/C15H20ClN3O/c1-14(2,3)15(20,9-19-11-17-10-18-19)8-12-6-4-5-7-13(12)16/h4-7,10-11,20H,8-9H2,1-3H3/t15-/m1/s1. The number of benzene rings is 1. The van der Waals surface area contributed by atoms with Crippen molar-refractivity contribution in [3.05, 3.63) is 47.5 Å². The van der Waals surface area contributed by atoms with Crippen LogP contribution >= 0.6 is 11.6 Å². The molecule has 0 fully saturated rings. The molecule has 0 unspecified atom stereocenters. The van der Waals surface area contributed by atoms with Crippen LogP contribution in [0.3, 0.4) is 0 Å². The second-order valence-electron chi connectivity index (χ2n) is 6.14. The van der Waals surface area contributed by atoms with E-state index in [0.29, 0.717) is 18.0 Å². The average Bonchev–Trinajstić information content (AvgIpc) is 2.83. The quantitative estimate of drug-likeness (QED) is 0.943. The normalized spacial score (nSPS) is 15.1. The third kappa shape index (κ3) is 3.19. The SMILES string of the molecule is CC(C)(C)[C@@](O)(Cc1ccccc1Cl)Cn1cncn1. The number of rotatable bonds is 4. The zero-order valence-corrected chi connectivity index (χ0v) is 12.8. The molecule has 0 aliphatic rings. The van der Waals surface area contributed by atoms with Gasteiger partial charge in [-0.3, -0.25) is 4.68 Å². The van der Waals surface area contributed by atoms with Crippen LogP contribution in [0.4, 0.5) is 0 Å². The predicted molar refractivity (Wildman–Crippen MR) is 79.6 cm³/mol. The van der Waals surface area contributed by atoms with Crippen molar-refractivity contribution in [2.45, 2.75) is 39.3 Å². The topological polar surface area (TPSA) is 50.9 Å². The minimum absolute atomic E-state index is 0.321. The van der Waals surface area contributed by atoms with E-state index in [0.717, 1.165) is 5.56 Å². The number of nitrogens with zero attached hydrogens (tertiary/aromatic N) is 3. The summed E-state index contributed by atoms with van der Waals surface area (Å²) in [6.45, 7) is 6.42. The van der Waals surface area contributed by atoms with Gasteiger partial charge in [0.25, 0.3) is 0 Å². The van der Waals surface area contributed by atoms with E-state index >= 15 is 0 Å². The van der Waals surface area contributed by atoms with Gasteiger partial charge in [0, 0.05) is 11.4 Å². The fourth-order valence-corrected chi connectivity index (χ4v) is 2.30. The molecule has 0 spiro atoms.